The Labute approximate surface area is 110 Å². The standard InChI is InChI=1S/C14H12N4O/c15-13-8-17-11(7-18-13)9-19-12-5-1-3-10-4-2-6-16-14(10)12/h1-8H,9H2,(H2,15,18). The number of hydrogen-bond acceptors (Lipinski definition) is 5. The molecule has 1 aromatic carbocycles. The van der Waals surface area contributed by atoms with E-state index in [0.717, 1.165) is 22.3 Å². The van der Waals surface area contributed by atoms with Gasteiger partial charge < -0.3 is 10.5 Å². The first-order chi connectivity index (χ1) is 9.33. The summed E-state index contributed by atoms with van der Waals surface area (Å²) in [5.74, 6) is 1.13. The number of pyridine rings is 1. The minimum Gasteiger partial charge on any atom is -0.485 e. The van der Waals surface area contributed by atoms with Crippen LogP contribution in [0.2, 0.25) is 0 Å². The fourth-order valence-corrected chi connectivity index (χ4v) is 1.78. The molecule has 94 valence electrons. The Morgan fingerprint density at radius 1 is 1.00 bits per heavy atom. The van der Waals surface area contributed by atoms with Gasteiger partial charge >= 0.3 is 0 Å². The largest absolute Gasteiger partial charge is 0.485 e. The maximum Gasteiger partial charge on any atom is 0.146 e. The van der Waals surface area contributed by atoms with Gasteiger partial charge in [-0.2, -0.15) is 0 Å². The maximum atomic E-state index is 5.74. The van der Waals surface area contributed by atoms with E-state index in [1.807, 2.05) is 30.3 Å². The highest BCUT2D eigenvalue weighted by molar-refractivity contribution is 5.84. The van der Waals surface area contributed by atoms with Crippen molar-refractivity contribution in [2.24, 2.45) is 0 Å². The molecule has 0 fully saturated rings. The van der Waals surface area contributed by atoms with Crippen molar-refractivity contribution < 1.29 is 4.74 Å². The summed E-state index contributed by atoms with van der Waals surface area (Å²) in [6.07, 6.45) is 4.87. The third-order valence-corrected chi connectivity index (χ3v) is 2.70. The van der Waals surface area contributed by atoms with Crippen LogP contribution in [0, 0.1) is 0 Å². The molecule has 0 aliphatic carbocycles. The van der Waals surface area contributed by atoms with E-state index < -0.39 is 0 Å². The van der Waals surface area contributed by atoms with Crippen molar-refractivity contribution in [3.8, 4) is 5.75 Å². The Balaban J connectivity index is 1.84. The summed E-state index contributed by atoms with van der Waals surface area (Å²) in [6.45, 7) is 0.336. The molecule has 0 aliphatic rings. The minimum atomic E-state index is 0.336. The lowest BCUT2D eigenvalue weighted by Crippen LogP contribution is -2.01. The van der Waals surface area contributed by atoms with Gasteiger partial charge in [0.25, 0.3) is 0 Å². The van der Waals surface area contributed by atoms with E-state index in [0.29, 0.717) is 12.4 Å². The Morgan fingerprint density at radius 2 is 1.89 bits per heavy atom. The smallest absolute Gasteiger partial charge is 0.146 e. The molecule has 5 nitrogen and oxygen atoms in total. The third kappa shape index (κ3) is 2.44. The van der Waals surface area contributed by atoms with E-state index in [1.54, 1.807) is 12.4 Å². The third-order valence-electron chi connectivity index (χ3n) is 2.70. The van der Waals surface area contributed by atoms with E-state index >= 15 is 0 Å². The van der Waals surface area contributed by atoms with Gasteiger partial charge in [0, 0.05) is 11.6 Å². The monoisotopic (exact) mass is 252 g/mol. The van der Waals surface area contributed by atoms with Gasteiger partial charge in [0.1, 0.15) is 23.7 Å². The lowest BCUT2D eigenvalue weighted by Gasteiger charge is -2.07. The minimum absolute atomic E-state index is 0.336. The number of hydrogen-bond donors (Lipinski definition) is 1. The molecule has 0 spiro atoms. The zero-order valence-corrected chi connectivity index (χ0v) is 10.2. The number of anilines is 1. The summed E-state index contributed by atoms with van der Waals surface area (Å²) in [6, 6.07) is 9.72. The average molecular weight is 252 g/mol. The Hall–Kier alpha value is -2.69. The lowest BCUT2D eigenvalue weighted by molar-refractivity contribution is 0.304. The van der Waals surface area contributed by atoms with Crippen LogP contribution in [-0.4, -0.2) is 15.0 Å². The summed E-state index contributed by atoms with van der Waals surface area (Å²) in [4.78, 5) is 12.4. The topological polar surface area (TPSA) is 73.9 Å². The first-order valence-corrected chi connectivity index (χ1v) is 5.86. The van der Waals surface area contributed by atoms with E-state index in [9.17, 15) is 0 Å². The normalized spacial score (nSPS) is 10.5. The highest BCUT2D eigenvalue weighted by atomic mass is 16.5. The molecule has 0 radical (unpaired) electrons. The molecule has 3 aromatic rings. The molecule has 0 atom stereocenters. The van der Waals surface area contributed by atoms with Gasteiger partial charge in [-0.25, -0.2) is 4.98 Å². The molecule has 0 saturated heterocycles. The van der Waals surface area contributed by atoms with Gasteiger partial charge in [0.05, 0.1) is 18.1 Å². The van der Waals surface area contributed by atoms with Gasteiger partial charge in [-0.3, -0.25) is 9.97 Å². The first kappa shape index (κ1) is 11.4. The number of rotatable bonds is 3. The van der Waals surface area contributed by atoms with Gasteiger partial charge in [0.2, 0.25) is 0 Å². The quantitative estimate of drug-likeness (QED) is 0.773. The summed E-state index contributed by atoms with van der Waals surface area (Å²) >= 11 is 0. The SMILES string of the molecule is Nc1cnc(COc2cccc3cccnc23)cn1. The second-order valence-electron chi connectivity index (χ2n) is 4.05. The van der Waals surface area contributed by atoms with Crippen LogP contribution in [-0.2, 0) is 6.61 Å². The zero-order valence-electron chi connectivity index (χ0n) is 10.2. The Kier molecular flexibility index (Phi) is 2.94. The van der Waals surface area contributed by atoms with Crippen LogP contribution in [0.5, 0.6) is 5.75 Å². The van der Waals surface area contributed by atoms with E-state index in [1.165, 1.54) is 6.20 Å². The maximum absolute atomic E-state index is 5.74. The van der Waals surface area contributed by atoms with Crippen LogP contribution in [0.4, 0.5) is 5.82 Å². The fraction of sp³-hybridized carbons (Fsp3) is 0.0714. The van der Waals surface area contributed by atoms with Crippen LogP contribution in [0.15, 0.2) is 48.9 Å². The first-order valence-electron chi connectivity index (χ1n) is 5.86. The predicted octanol–water partition coefficient (Wildman–Crippen LogP) is 2.19. The molecule has 0 unspecified atom stereocenters. The van der Waals surface area contributed by atoms with E-state index in [2.05, 4.69) is 15.0 Å². The second kappa shape index (κ2) is 4.89. The Bertz CT molecular complexity index is 692. The number of nitrogens with zero attached hydrogens (tertiary/aromatic N) is 3. The highest BCUT2D eigenvalue weighted by Crippen LogP contribution is 2.23. The van der Waals surface area contributed by atoms with Crippen LogP contribution in [0.25, 0.3) is 10.9 Å². The molecule has 2 heterocycles. The number of aromatic nitrogens is 3. The number of fused-ring (bicyclic) bond motifs is 1. The lowest BCUT2D eigenvalue weighted by atomic mass is 10.2. The summed E-state index contributed by atoms with van der Waals surface area (Å²) in [7, 11) is 0. The van der Waals surface area contributed by atoms with Gasteiger partial charge in [-0.1, -0.05) is 18.2 Å². The molecule has 0 saturated carbocycles. The van der Waals surface area contributed by atoms with Crippen molar-refractivity contribution in [1.29, 1.82) is 0 Å². The van der Waals surface area contributed by atoms with E-state index in [-0.39, 0.29) is 0 Å². The van der Waals surface area contributed by atoms with Gasteiger partial charge in [-0.15, -0.1) is 0 Å². The van der Waals surface area contributed by atoms with Crippen LogP contribution >= 0.6 is 0 Å². The molecule has 0 bridgehead atoms. The van der Waals surface area contributed by atoms with Crippen molar-refractivity contribution in [2.75, 3.05) is 5.73 Å². The van der Waals surface area contributed by atoms with Crippen LogP contribution in [0.3, 0.4) is 0 Å². The van der Waals surface area contributed by atoms with Crippen molar-refractivity contribution in [3.05, 3.63) is 54.6 Å². The summed E-state index contributed by atoms with van der Waals surface area (Å²) in [5, 5.41) is 1.04. The molecular weight excluding hydrogens is 240 g/mol. The fourth-order valence-electron chi connectivity index (χ4n) is 1.78. The van der Waals surface area contributed by atoms with E-state index in [4.69, 9.17) is 10.5 Å². The van der Waals surface area contributed by atoms with Crippen molar-refractivity contribution in [2.45, 2.75) is 6.61 Å². The number of nitrogen functional groups attached to an aromatic ring is 1. The van der Waals surface area contributed by atoms with Crippen molar-refractivity contribution >= 4 is 16.7 Å². The molecule has 0 amide bonds. The van der Waals surface area contributed by atoms with Crippen LogP contribution in [0.1, 0.15) is 5.69 Å². The zero-order chi connectivity index (χ0) is 13.1. The van der Waals surface area contributed by atoms with Crippen molar-refractivity contribution in [3.63, 3.8) is 0 Å². The second-order valence-corrected chi connectivity index (χ2v) is 4.05. The molecule has 3 rings (SSSR count). The molecule has 0 aliphatic heterocycles. The van der Waals surface area contributed by atoms with Crippen LogP contribution < -0.4 is 10.5 Å². The molecule has 19 heavy (non-hydrogen) atoms. The summed E-state index contributed by atoms with van der Waals surface area (Å²) < 4.78 is 5.74. The number of para-hydroxylation sites is 1. The average Bonchev–Trinajstić information content (AvgIpc) is 2.47. The number of benzene rings is 1. The van der Waals surface area contributed by atoms with Gasteiger partial charge in [0.15, 0.2) is 0 Å². The molecular formula is C14H12N4O. The highest BCUT2D eigenvalue weighted by Gasteiger charge is 2.03. The molecule has 5 heteroatoms. The number of nitrogens with two attached hydrogens (primary N) is 1. The Morgan fingerprint density at radius 3 is 2.74 bits per heavy atom. The van der Waals surface area contributed by atoms with Gasteiger partial charge in [-0.05, 0) is 12.1 Å². The molecule has 2 N–H and O–H groups in total. The number of ether oxygens (including phenoxy) is 1. The van der Waals surface area contributed by atoms with Crippen molar-refractivity contribution in [1.82, 2.24) is 15.0 Å². The molecule has 2 aromatic heterocycles. The summed E-state index contributed by atoms with van der Waals surface area (Å²) in [5.41, 5.74) is 7.05. The predicted molar refractivity (Wildman–Crippen MR) is 72.5 cm³/mol.